The molecule has 0 bridgehead atoms. The first-order valence-corrected chi connectivity index (χ1v) is 5.99. The Bertz CT molecular complexity index is 452. The van der Waals surface area contributed by atoms with Gasteiger partial charge in [-0.25, -0.2) is 4.98 Å². The molecule has 0 unspecified atom stereocenters. The number of benzene rings is 1. The fraction of sp³-hybridized carbons (Fsp3) is 0.462. The second-order valence-corrected chi connectivity index (χ2v) is 4.76. The highest BCUT2D eigenvalue weighted by atomic mass is 15.2. The van der Waals surface area contributed by atoms with Crippen LogP contribution in [-0.2, 0) is 0 Å². The molecule has 1 aromatic carbocycles. The van der Waals surface area contributed by atoms with Crippen LogP contribution < -0.4 is 4.90 Å². The molecule has 16 heavy (non-hydrogen) atoms. The lowest BCUT2D eigenvalue weighted by Crippen LogP contribution is -2.29. The van der Waals surface area contributed by atoms with Gasteiger partial charge in [-0.1, -0.05) is 18.6 Å². The molecule has 0 amide bonds. The number of anilines is 1. The number of fused-ring (bicyclic) bond motifs is 1. The Morgan fingerprint density at radius 1 is 1.38 bits per heavy atom. The van der Waals surface area contributed by atoms with Gasteiger partial charge in [0.2, 0.25) is 5.95 Å². The van der Waals surface area contributed by atoms with Crippen molar-refractivity contribution in [3.05, 3.63) is 24.3 Å². The van der Waals surface area contributed by atoms with Crippen molar-refractivity contribution in [3.8, 4) is 0 Å². The Morgan fingerprint density at radius 2 is 2.19 bits per heavy atom. The molecule has 0 saturated heterocycles. The largest absolute Gasteiger partial charge is 0.345 e. The van der Waals surface area contributed by atoms with Gasteiger partial charge in [0.25, 0.3) is 0 Å². The Labute approximate surface area is 95.5 Å². The predicted octanol–water partition coefficient (Wildman–Crippen LogP) is 2.80. The number of imidazole rings is 1. The summed E-state index contributed by atoms with van der Waals surface area (Å²) < 4.78 is 0. The van der Waals surface area contributed by atoms with Gasteiger partial charge >= 0.3 is 0 Å². The molecule has 0 atom stereocenters. The summed E-state index contributed by atoms with van der Waals surface area (Å²) in [6.07, 6.45) is 4.16. The van der Waals surface area contributed by atoms with Gasteiger partial charge in [-0.2, -0.15) is 0 Å². The van der Waals surface area contributed by atoms with E-state index in [1.807, 2.05) is 18.2 Å². The number of aromatic nitrogens is 2. The number of nitrogens with one attached hydrogen (secondary N) is 1. The van der Waals surface area contributed by atoms with Crippen molar-refractivity contribution in [2.24, 2.45) is 5.92 Å². The average Bonchev–Trinajstić information content (AvgIpc) is 2.66. The summed E-state index contributed by atoms with van der Waals surface area (Å²) in [5.74, 6) is 1.87. The van der Waals surface area contributed by atoms with E-state index < -0.39 is 0 Å². The highest BCUT2D eigenvalue weighted by Crippen LogP contribution is 2.28. The zero-order chi connectivity index (χ0) is 11.0. The maximum Gasteiger partial charge on any atom is 0.203 e. The van der Waals surface area contributed by atoms with Crippen LogP contribution in [0.2, 0.25) is 0 Å². The highest BCUT2D eigenvalue weighted by molar-refractivity contribution is 5.77. The predicted molar refractivity (Wildman–Crippen MR) is 66.7 cm³/mol. The smallest absolute Gasteiger partial charge is 0.203 e. The van der Waals surface area contributed by atoms with Crippen LogP contribution in [0.3, 0.4) is 0 Å². The number of hydrogen-bond acceptors (Lipinski definition) is 2. The summed E-state index contributed by atoms with van der Waals surface area (Å²) in [5.41, 5.74) is 2.18. The van der Waals surface area contributed by atoms with E-state index in [-0.39, 0.29) is 0 Å². The minimum atomic E-state index is 0.873. The van der Waals surface area contributed by atoms with E-state index in [1.165, 1.54) is 19.3 Å². The maximum atomic E-state index is 4.59. The number of para-hydroxylation sites is 2. The normalized spacial score (nSPS) is 16.3. The third-order valence-corrected chi connectivity index (χ3v) is 3.50. The Morgan fingerprint density at radius 3 is 2.88 bits per heavy atom. The Kier molecular flexibility index (Phi) is 2.31. The minimum absolute atomic E-state index is 0.873. The monoisotopic (exact) mass is 215 g/mol. The zero-order valence-electron chi connectivity index (χ0n) is 9.61. The molecule has 1 fully saturated rings. The van der Waals surface area contributed by atoms with E-state index in [4.69, 9.17) is 0 Å². The van der Waals surface area contributed by atoms with Crippen molar-refractivity contribution >= 4 is 17.0 Å². The van der Waals surface area contributed by atoms with Crippen LogP contribution in [0.4, 0.5) is 5.95 Å². The molecular weight excluding hydrogens is 198 g/mol. The van der Waals surface area contributed by atoms with Crippen molar-refractivity contribution in [3.63, 3.8) is 0 Å². The molecule has 3 rings (SSSR count). The van der Waals surface area contributed by atoms with Gasteiger partial charge in [-0.15, -0.1) is 0 Å². The molecule has 0 radical (unpaired) electrons. The standard InChI is InChI=1S/C13H17N3/c1-16(9-10-5-4-6-10)13-14-11-7-2-3-8-12(11)15-13/h2-3,7-8,10H,4-6,9H2,1H3,(H,14,15). The lowest BCUT2D eigenvalue weighted by atomic mass is 9.85. The molecular formula is C13H17N3. The van der Waals surface area contributed by atoms with Crippen molar-refractivity contribution in [1.29, 1.82) is 0 Å². The first kappa shape index (κ1) is 9.70. The summed E-state index contributed by atoms with van der Waals surface area (Å²) in [6.45, 7) is 1.12. The number of hydrogen-bond donors (Lipinski definition) is 1. The van der Waals surface area contributed by atoms with Gasteiger partial charge in [0.15, 0.2) is 0 Å². The van der Waals surface area contributed by atoms with E-state index >= 15 is 0 Å². The minimum Gasteiger partial charge on any atom is -0.345 e. The fourth-order valence-corrected chi connectivity index (χ4v) is 2.27. The van der Waals surface area contributed by atoms with Crippen LogP contribution in [0.5, 0.6) is 0 Å². The van der Waals surface area contributed by atoms with Gasteiger partial charge in [0, 0.05) is 13.6 Å². The average molecular weight is 215 g/mol. The maximum absolute atomic E-state index is 4.59. The second-order valence-electron chi connectivity index (χ2n) is 4.76. The molecule has 2 aromatic rings. The van der Waals surface area contributed by atoms with Crippen LogP contribution in [0.1, 0.15) is 19.3 Å². The van der Waals surface area contributed by atoms with Crippen LogP contribution in [0.15, 0.2) is 24.3 Å². The molecule has 1 aromatic heterocycles. The van der Waals surface area contributed by atoms with Gasteiger partial charge in [-0.05, 0) is 30.9 Å². The van der Waals surface area contributed by atoms with Crippen molar-refractivity contribution in [2.75, 3.05) is 18.5 Å². The Balaban J connectivity index is 1.81. The lowest BCUT2D eigenvalue weighted by Gasteiger charge is -2.29. The summed E-state index contributed by atoms with van der Waals surface area (Å²) in [5, 5.41) is 0. The third kappa shape index (κ3) is 1.66. The molecule has 84 valence electrons. The molecule has 1 aliphatic carbocycles. The van der Waals surface area contributed by atoms with Crippen LogP contribution in [-0.4, -0.2) is 23.6 Å². The van der Waals surface area contributed by atoms with Crippen molar-refractivity contribution in [2.45, 2.75) is 19.3 Å². The van der Waals surface area contributed by atoms with E-state index in [9.17, 15) is 0 Å². The molecule has 3 nitrogen and oxygen atoms in total. The van der Waals surface area contributed by atoms with Gasteiger partial charge in [0.05, 0.1) is 11.0 Å². The molecule has 1 saturated carbocycles. The van der Waals surface area contributed by atoms with Crippen molar-refractivity contribution in [1.82, 2.24) is 9.97 Å². The first-order chi connectivity index (χ1) is 7.83. The number of rotatable bonds is 3. The van der Waals surface area contributed by atoms with Gasteiger partial charge in [0.1, 0.15) is 0 Å². The van der Waals surface area contributed by atoms with Gasteiger partial charge < -0.3 is 9.88 Å². The molecule has 0 spiro atoms. The molecule has 1 N–H and O–H groups in total. The molecule has 1 aliphatic rings. The third-order valence-electron chi connectivity index (χ3n) is 3.50. The topological polar surface area (TPSA) is 31.9 Å². The second kappa shape index (κ2) is 3.81. The number of aromatic amines is 1. The van der Waals surface area contributed by atoms with E-state index in [1.54, 1.807) is 0 Å². The van der Waals surface area contributed by atoms with Gasteiger partial charge in [-0.3, -0.25) is 0 Å². The molecule has 1 heterocycles. The summed E-state index contributed by atoms with van der Waals surface area (Å²) in [4.78, 5) is 10.2. The van der Waals surface area contributed by atoms with Crippen molar-refractivity contribution < 1.29 is 0 Å². The van der Waals surface area contributed by atoms with E-state index in [0.29, 0.717) is 0 Å². The first-order valence-electron chi connectivity index (χ1n) is 5.99. The SMILES string of the molecule is CN(CC1CCC1)c1nc2ccccc2[nH]1. The summed E-state index contributed by atoms with van der Waals surface area (Å²) >= 11 is 0. The number of nitrogens with zero attached hydrogens (tertiary/aromatic N) is 2. The summed E-state index contributed by atoms with van der Waals surface area (Å²) in [6, 6.07) is 8.19. The van der Waals surface area contributed by atoms with Crippen LogP contribution >= 0.6 is 0 Å². The number of H-pyrrole nitrogens is 1. The molecule has 0 aliphatic heterocycles. The van der Waals surface area contributed by atoms with E-state index in [0.717, 1.165) is 29.4 Å². The fourth-order valence-electron chi connectivity index (χ4n) is 2.27. The zero-order valence-corrected chi connectivity index (χ0v) is 9.61. The molecule has 3 heteroatoms. The van der Waals surface area contributed by atoms with Crippen LogP contribution in [0, 0.1) is 5.92 Å². The lowest BCUT2D eigenvalue weighted by molar-refractivity contribution is 0.320. The van der Waals surface area contributed by atoms with E-state index in [2.05, 4.69) is 28.0 Å². The Hall–Kier alpha value is -1.51. The van der Waals surface area contributed by atoms with Crippen LogP contribution in [0.25, 0.3) is 11.0 Å². The highest BCUT2D eigenvalue weighted by Gasteiger charge is 2.20. The summed E-state index contributed by atoms with van der Waals surface area (Å²) in [7, 11) is 2.12. The quantitative estimate of drug-likeness (QED) is 0.853.